The number of hydrogen-bond acceptors (Lipinski definition) is 5. The normalized spacial score (nSPS) is 10.1. The number of rotatable bonds is 3. The smallest absolute Gasteiger partial charge is 0.339 e. The predicted molar refractivity (Wildman–Crippen MR) is 72.8 cm³/mol. The van der Waals surface area contributed by atoms with Gasteiger partial charge in [-0.05, 0) is 30.3 Å². The average Bonchev–Trinajstić information content (AvgIpc) is 2.39. The van der Waals surface area contributed by atoms with E-state index in [1.165, 1.54) is 6.07 Å². The molecular weight excluding hydrogens is 278 g/mol. The van der Waals surface area contributed by atoms with Crippen LogP contribution in [-0.2, 0) is 0 Å². The van der Waals surface area contributed by atoms with Crippen LogP contribution in [0.25, 0.3) is 0 Å². The van der Waals surface area contributed by atoms with E-state index < -0.39 is 17.6 Å². The first-order valence-electron chi connectivity index (χ1n) is 5.77. The van der Waals surface area contributed by atoms with Gasteiger partial charge in [0, 0.05) is 17.3 Å². The minimum atomic E-state index is -1.33. The van der Waals surface area contributed by atoms with Crippen molar-refractivity contribution in [2.45, 2.75) is 0 Å². The summed E-state index contributed by atoms with van der Waals surface area (Å²) in [7, 11) is 0. The Morgan fingerprint density at radius 2 is 1.52 bits per heavy atom. The molecule has 2 aromatic carbocycles. The molecule has 108 valence electrons. The fraction of sp³-hybridized carbons (Fsp3) is 0. The number of anilines is 1. The average molecular weight is 289 g/mol. The minimum Gasteiger partial charge on any atom is -0.508 e. The van der Waals surface area contributed by atoms with Crippen molar-refractivity contribution in [3.05, 3.63) is 47.5 Å². The molecule has 5 N–H and O–H groups in total. The number of hydrogen-bond donors (Lipinski definition) is 5. The zero-order chi connectivity index (χ0) is 15.6. The zero-order valence-electron chi connectivity index (χ0n) is 10.6. The highest BCUT2D eigenvalue weighted by Gasteiger charge is 2.13. The molecule has 2 rings (SSSR count). The fourth-order valence-electron chi connectivity index (χ4n) is 1.71. The molecule has 0 bridgehead atoms. The van der Waals surface area contributed by atoms with E-state index in [1.54, 1.807) is 0 Å². The zero-order valence-corrected chi connectivity index (χ0v) is 10.6. The molecule has 0 unspecified atom stereocenters. The molecule has 0 aliphatic rings. The maximum atomic E-state index is 11.9. The Kier molecular flexibility index (Phi) is 3.66. The lowest BCUT2D eigenvalue weighted by Crippen LogP contribution is -2.12. The SMILES string of the molecule is O=C(Nc1ccc(O)c(C(=O)O)c1)c1cc(O)cc(O)c1. The van der Waals surface area contributed by atoms with Gasteiger partial charge in [0.2, 0.25) is 0 Å². The van der Waals surface area contributed by atoms with E-state index in [9.17, 15) is 24.9 Å². The Hall–Kier alpha value is -3.22. The third-order valence-electron chi connectivity index (χ3n) is 2.65. The summed E-state index contributed by atoms with van der Waals surface area (Å²) in [4.78, 5) is 22.8. The van der Waals surface area contributed by atoms with E-state index in [0.717, 1.165) is 30.3 Å². The van der Waals surface area contributed by atoms with E-state index in [1.807, 2.05) is 0 Å². The van der Waals surface area contributed by atoms with Gasteiger partial charge in [-0.2, -0.15) is 0 Å². The molecule has 0 saturated carbocycles. The first-order valence-corrected chi connectivity index (χ1v) is 5.77. The molecule has 0 spiro atoms. The number of phenols is 3. The van der Waals surface area contributed by atoms with Crippen LogP contribution in [0.5, 0.6) is 17.2 Å². The molecule has 0 heterocycles. The summed E-state index contributed by atoms with van der Waals surface area (Å²) >= 11 is 0. The number of phenolic OH excluding ortho intramolecular Hbond substituents is 2. The van der Waals surface area contributed by atoms with Crippen molar-refractivity contribution >= 4 is 17.6 Å². The van der Waals surface area contributed by atoms with E-state index in [4.69, 9.17) is 5.11 Å². The number of amides is 1. The summed E-state index contributed by atoms with van der Waals surface area (Å²) in [5, 5.41) is 39.3. The van der Waals surface area contributed by atoms with Crippen LogP contribution in [0, 0.1) is 0 Å². The van der Waals surface area contributed by atoms with Gasteiger partial charge in [-0.15, -0.1) is 0 Å². The van der Waals surface area contributed by atoms with Gasteiger partial charge in [0.1, 0.15) is 22.8 Å². The molecule has 0 radical (unpaired) electrons. The van der Waals surface area contributed by atoms with Gasteiger partial charge in [0.25, 0.3) is 5.91 Å². The summed E-state index contributed by atoms with van der Waals surface area (Å²) in [6.07, 6.45) is 0. The van der Waals surface area contributed by atoms with E-state index >= 15 is 0 Å². The predicted octanol–water partition coefficient (Wildman–Crippen LogP) is 1.75. The molecule has 1 amide bonds. The topological polar surface area (TPSA) is 127 Å². The van der Waals surface area contributed by atoms with Gasteiger partial charge in [-0.3, -0.25) is 4.79 Å². The Balaban J connectivity index is 2.27. The first kappa shape index (κ1) is 14.2. The molecule has 0 fully saturated rings. The van der Waals surface area contributed by atoms with E-state index in [0.29, 0.717) is 0 Å². The second-order valence-corrected chi connectivity index (χ2v) is 4.23. The number of carbonyl (C=O) groups is 2. The number of carboxylic acid groups (broad SMARTS) is 1. The Bertz CT molecular complexity index is 705. The molecule has 0 atom stereocenters. The van der Waals surface area contributed by atoms with Crippen LogP contribution >= 0.6 is 0 Å². The summed E-state index contributed by atoms with van der Waals surface area (Å²) < 4.78 is 0. The van der Waals surface area contributed by atoms with Crippen molar-refractivity contribution < 1.29 is 30.0 Å². The monoisotopic (exact) mass is 289 g/mol. The van der Waals surface area contributed by atoms with Crippen molar-refractivity contribution in [2.24, 2.45) is 0 Å². The lowest BCUT2D eigenvalue weighted by atomic mass is 10.1. The summed E-state index contributed by atoms with van der Waals surface area (Å²) in [6, 6.07) is 6.92. The van der Waals surface area contributed by atoms with Gasteiger partial charge < -0.3 is 25.7 Å². The largest absolute Gasteiger partial charge is 0.508 e. The number of aromatic hydroxyl groups is 3. The van der Waals surface area contributed by atoms with Crippen molar-refractivity contribution in [1.82, 2.24) is 0 Å². The van der Waals surface area contributed by atoms with Crippen LogP contribution in [0.15, 0.2) is 36.4 Å². The van der Waals surface area contributed by atoms with E-state index in [2.05, 4.69) is 5.32 Å². The van der Waals surface area contributed by atoms with Crippen molar-refractivity contribution in [3.63, 3.8) is 0 Å². The Morgan fingerprint density at radius 3 is 2.10 bits per heavy atom. The first-order chi connectivity index (χ1) is 9.86. The number of aromatic carboxylic acids is 1. The highest BCUT2D eigenvalue weighted by molar-refractivity contribution is 6.05. The highest BCUT2D eigenvalue weighted by atomic mass is 16.4. The standard InChI is InChI=1S/C14H11NO6/c16-9-3-7(4-10(17)6-9)13(19)15-8-1-2-12(18)11(5-8)14(20)21/h1-6,16-18H,(H,15,19)(H,20,21). The van der Waals surface area contributed by atoms with Gasteiger partial charge in [-0.1, -0.05) is 0 Å². The van der Waals surface area contributed by atoms with Gasteiger partial charge in [0.15, 0.2) is 0 Å². The van der Waals surface area contributed by atoms with Crippen LogP contribution in [0.4, 0.5) is 5.69 Å². The number of carboxylic acids is 1. The molecule has 7 nitrogen and oxygen atoms in total. The summed E-state index contributed by atoms with van der Waals surface area (Å²) in [5.41, 5.74) is -0.206. The molecule has 0 saturated heterocycles. The maximum Gasteiger partial charge on any atom is 0.339 e. The molecular formula is C14H11NO6. The molecule has 0 aromatic heterocycles. The molecule has 2 aromatic rings. The van der Waals surface area contributed by atoms with Crippen LogP contribution in [0.3, 0.4) is 0 Å². The Morgan fingerprint density at radius 1 is 0.905 bits per heavy atom. The van der Waals surface area contributed by atoms with Crippen LogP contribution in [0.2, 0.25) is 0 Å². The fourth-order valence-corrected chi connectivity index (χ4v) is 1.71. The molecule has 0 aliphatic carbocycles. The minimum absolute atomic E-state index is 0.00236. The van der Waals surface area contributed by atoms with E-state index in [-0.39, 0.29) is 28.3 Å². The second-order valence-electron chi connectivity index (χ2n) is 4.23. The van der Waals surface area contributed by atoms with Crippen LogP contribution < -0.4 is 5.32 Å². The summed E-state index contributed by atoms with van der Waals surface area (Å²) in [6.45, 7) is 0. The van der Waals surface area contributed by atoms with Gasteiger partial charge in [0.05, 0.1) is 0 Å². The molecule has 0 aliphatic heterocycles. The van der Waals surface area contributed by atoms with Crippen molar-refractivity contribution in [1.29, 1.82) is 0 Å². The second kappa shape index (κ2) is 5.41. The molecule has 7 heteroatoms. The lowest BCUT2D eigenvalue weighted by molar-refractivity contribution is 0.0693. The third kappa shape index (κ3) is 3.21. The van der Waals surface area contributed by atoms with Crippen LogP contribution in [-0.4, -0.2) is 32.3 Å². The number of carbonyl (C=O) groups excluding carboxylic acids is 1. The Labute approximate surface area is 118 Å². The van der Waals surface area contributed by atoms with Crippen molar-refractivity contribution in [2.75, 3.05) is 5.32 Å². The number of benzene rings is 2. The quantitative estimate of drug-likeness (QED) is 0.548. The van der Waals surface area contributed by atoms with Crippen LogP contribution in [0.1, 0.15) is 20.7 Å². The maximum absolute atomic E-state index is 11.9. The van der Waals surface area contributed by atoms with Crippen molar-refractivity contribution in [3.8, 4) is 17.2 Å². The highest BCUT2D eigenvalue weighted by Crippen LogP contribution is 2.24. The van der Waals surface area contributed by atoms with Gasteiger partial charge in [-0.25, -0.2) is 4.79 Å². The number of nitrogens with one attached hydrogen (secondary N) is 1. The molecule has 21 heavy (non-hydrogen) atoms. The summed E-state index contributed by atoms with van der Waals surface area (Å²) in [5.74, 6) is -2.97. The lowest BCUT2D eigenvalue weighted by Gasteiger charge is -2.08. The van der Waals surface area contributed by atoms with Gasteiger partial charge >= 0.3 is 5.97 Å². The third-order valence-corrected chi connectivity index (χ3v) is 2.65.